The first kappa shape index (κ1) is 14.8. The Morgan fingerprint density at radius 1 is 1.29 bits per heavy atom. The number of pyridine rings is 1. The standard InChI is InChI=1S/C14H13F2N3O2/c1-3-17-12-7-9(19(20)21)6-11(18-12)10-5-4-8(2)13(15)14(10)16/h4-7H,3H2,1-2H3,(H,17,18). The zero-order valence-corrected chi connectivity index (χ0v) is 11.5. The van der Waals surface area contributed by atoms with E-state index in [0.29, 0.717) is 6.54 Å². The van der Waals surface area contributed by atoms with Crippen molar-refractivity contribution in [2.75, 3.05) is 11.9 Å². The summed E-state index contributed by atoms with van der Waals surface area (Å²) in [5, 5.41) is 13.8. The highest BCUT2D eigenvalue weighted by Gasteiger charge is 2.17. The molecular formula is C14H13F2N3O2. The van der Waals surface area contributed by atoms with Crippen LogP contribution >= 0.6 is 0 Å². The second-order valence-electron chi connectivity index (χ2n) is 4.44. The van der Waals surface area contributed by atoms with Crippen molar-refractivity contribution >= 4 is 11.5 Å². The number of halogens is 2. The predicted molar refractivity (Wildman–Crippen MR) is 75.1 cm³/mol. The van der Waals surface area contributed by atoms with E-state index in [4.69, 9.17) is 0 Å². The van der Waals surface area contributed by atoms with E-state index >= 15 is 0 Å². The Kier molecular flexibility index (Phi) is 4.11. The molecule has 1 N–H and O–H groups in total. The highest BCUT2D eigenvalue weighted by atomic mass is 19.2. The Labute approximate surface area is 119 Å². The minimum Gasteiger partial charge on any atom is -0.370 e. The van der Waals surface area contributed by atoms with Gasteiger partial charge in [-0.25, -0.2) is 13.8 Å². The van der Waals surface area contributed by atoms with Gasteiger partial charge >= 0.3 is 0 Å². The molecule has 1 heterocycles. The lowest BCUT2D eigenvalue weighted by Gasteiger charge is -2.08. The summed E-state index contributed by atoms with van der Waals surface area (Å²) in [6, 6.07) is 5.13. The summed E-state index contributed by atoms with van der Waals surface area (Å²) in [5.74, 6) is -1.81. The van der Waals surface area contributed by atoms with E-state index in [-0.39, 0.29) is 28.3 Å². The van der Waals surface area contributed by atoms with Crippen molar-refractivity contribution < 1.29 is 13.7 Å². The van der Waals surface area contributed by atoms with E-state index in [2.05, 4.69) is 10.3 Å². The van der Waals surface area contributed by atoms with Gasteiger partial charge in [-0.1, -0.05) is 6.07 Å². The van der Waals surface area contributed by atoms with E-state index in [1.807, 2.05) is 0 Å². The number of nitrogens with zero attached hydrogens (tertiary/aromatic N) is 2. The molecule has 21 heavy (non-hydrogen) atoms. The average molecular weight is 293 g/mol. The van der Waals surface area contributed by atoms with Gasteiger partial charge in [-0.15, -0.1) is 0 Å². The lowest BCUT2D eigenvalue weighted by atomic mass is 10.1. The first-order valence-electron chi connectivity index (χ1n) is 6.29. The maximum absolute atomic E-state index is 14.0. The minimum absolute atomic E-state index is 0.0107. The molecule has 7 heteroatoms. The number of nitrogens with one attached hydrogen (secondary N) is 1. The summed E-state index contributed by atoms with van der Waals surface area (Å²) in [5.41, 5.74) is -0.178. The zero-order valence-electron chi connectivity index (χ0n) is 11.5. The Hall–Kier alpha value is -2.57. The number of aryl methyl sites for hydroxylation is 1. The van der Waals surface area contributed by atoms with Crippen LogP contribution in [0, 0.1) is 28.7 Å². The third kappa shape index (κ3) is 2.96. The van der Waals surface area contributed by atoms with Crippen molar-refractivity contribution in [3.05, 3.63) is 51.6 Å². The monoisotopic (exact) mass is 293 g/mol. The Balaban J connectivity index is 2.63. The highest BCUT2D eigenvalue weighted by molar-refractivity contribution is 5.66. The number of nitro groups is 1. The first-order chi connectivity index (χ1) is 9.93. The summed E-state index contributed by atoms with van der Waals surface area (Å²) in [7, 11) is 0. The van der Waals surface area contributed by atoms with Gasteiger partial charge in [0.15, 0.2) is 11.6 Å². The molecule has 5 nitrogen and oxygen atoms in total. The van der Waals surface area contributed by atoms with Gasteiger partial charge < -0.3 is 5.32 Å². The van der Waals surface area contributed by atoms with E-state index in [1.54, 1.807) is 6.92 Å². The van der Waals surface area contributed by atoms with Crippen LogP contribution in [0.25, 0.3) is 11.3 Å². The Morgan fingerprint density at radius 3 is 2.62 bits per heavy atom. The number of benzene rings is 1. The summed E-state index contributed by atoms with van der Waals surface area (Å²) in [6.45, 7) is 3.73. The molecule has 0 aliphatic carbocycles. The fourth-order valence-corrected chi connectivity index (χ4v) is 1.88. The number of hydrogen-bond acceptors (Lipinski definition) is 4. The molecule has 0 fully saturated rings. The summed E-state index contributed by atoms with van der Waals surface area (Å²) in [4.78, 5) is 14.4. The number of rotatable bonds is 4. The molecule has 0 spiro atoms. The second kappa shape index (κ2) is 5.82. The fraction of sp³-hybridized carbons (Fsp3) is 0.214. The molecule has 110 valence electrons. The lowest BCUT2D eigenvalue weighted by molar-refractivity contribution is -0.384. The van der Waals surface area contributed by atoms with Crippen LogP contribution in [0.4, 0.5) is 20.3 Å². The predicted octanol–water partition coefficient (Wildman–Crippen LogP) is 3.68. The van der Waals surface area contributed by atoms with Crippen LogP contribution in [0.15, 0.2) is 24.3 Å². The SMILES string of the molecule is CCNc1cc([N+](=O)[O-])cc(-c2ccc(C)c(F)c2F)n1. The summed E-state index contributed by atoms with van der Waals surface area (Å²) in [6.07, 6.45) is 0. The molecule has 0 aliphatic heterocycles. The minimum atomic E-state index is -1.06. The molecule has 0 amide bonds. The Morgan fingerprint density at radius 2 is 2.00 bits per heavy atom. The molecule has 2 rings (SSSR count). The molecule has 0 aliphatic rings. The van der Waals surface area contributed by atoms with Crippen LogP contribution < -0.4 is 5.32 Å². The van der Waals surface area contributed by atoms with Gasteiger partial charge in [0.1, 0.15) is 5.82 Å². The van der Waals surface area contributed by atoms with Crippen LogP contribution in [0.1, 0.15) is 12.5 Å². The number of anilines is 1. The quantitative estimate of drug-likeness (QED) is 0.689. The molecule has 0 radical (unpaired) electrons. The normalized spacial score (nSPS) is 10.5. The maximum atomic E-state index is 14.0. The Bertz CT molecular complexity index is 705. The van der Waals surface area contributed by atoms with Gasteiger partial charge in [-0.3, -0.25) is 10.1 Å². The van der Waals surface area contributed by atoms with Crippen LogP contribution in [0.5, 0.6) is 0 Å². The van der Waals surface area contributed by atoms with Gasteiger partial charge in [0.25, 0.3) is 5.69 Å². The van der Waals surface area contributed by atoms with Crippen LogP contribution in [-0.4, -0.2) is 16.5 Å². The van der Waals surface area contributed by atoms with Crippen LogP contribution in [-0.2, 0) is 0 Å². The van der Waals surface area contributed by atoms with Crippen molar-refractivity contribution in [3.8, 4) is 11.3 Å². The van der Waals surface area contributed by atoms with Crippen LogP contribution in [0.2, 0.25) is 0 Å². The molecule has 0 unspecified atom stereocenters. The van der Waals surface area contributed by atoms with Crippen molar-refractivity contribution in [1.29, 1.82) is 0 Å². The molecule has 0 saturated heterocycles. The average Bonchev–Trinajstić information content (AvgIpc) is 2.45. The third-order valence-corrected chi connectivity index (χ3v) is 2.93. The molecule has 1 aromatic heterocycles. The van der Waals surface area contributed by atoms with E-state index in [9.17, 15) is 18.9 Å². The van der Waals surface area contributed by atoms with E-state index in [1.165, 1.54) is 25.1 Å². The highest BCUT2D eigenvalue weighted by Crippen LogP contribution is 2.29. The van der Waals surface area contributed by atoms with Crippen molar-refractivity contribution in [2.24, 2.45) is 0 Å². The summed E-state index contributed by atoms with van der Waals surface area (Å²) >= 11 is 0. The molecular weight excluding hydrogens is 280 g/mol. The van der Waals surface area contributed by atoms with Crippen molar-refractivity contribution in [2.45, 2.75) is 13.8 Å². The zero-order chi connectivity index (χ0) is 15.6. The fourth-order valence-electron chi connectivity index (χ4n) is 1.88. The molecule has 0 bridgehead atoms. The van der Waals surface area contributed by atoms with Crippen molar-refractivity contribution in [3.63, 3.8) is 0 Å². The smallest absolute Gasteiger partial charge is 0.275 e. The summed E-state index contributed by atoms with van der Waals surface area (Å²) < 4.78 is 27.6. The molecule has 0 saturated carbocycles. The van der Waals surface area contributed by atoms with Gasteiger partial charge in [-0.2, -0.15) is 0 Å². The second-order valence-corrected chi connectivity index (χ2v) is 4.44. The molecule has 0 atom stereocenters. The van der Waals surface area contributed by atoms with Gasteiger partial charge in [0, 0.05) is 18.2 Å². The number of aromatic nitrogens is 1. The van der Waals surface area contributed by atoms with E-state index < -0.39 is 16.6 Å². The molecule has 1 aromatic carbocycles. The van der Waals surface area contributed by atoms with Crippen molar-refractivity contribution in [1.82, 2.24) is 4.98 Å². The number of hydrogen-bond donors (Lipinski definition) is 1. The topological polar surface area (TPSA) is 68.1 Å². The maximum Gasteiger partial charge on any atom is 0.275 e. The lowest BCUT2D eigenvalue weighted by Crippen LogP contribution is -2.03. The van der Waals surface area contributed by atoms with Gasteiger partial charge in [-0.05, 0) is 25.5 Å². The van der Waals surface area contributed by atoms with E-state index in [0.717, 1.165) is 6.07 Å². The van der Waals surface area contributed by atoms with Crippen LogP contribution in [0.3, 0.4) is 0 Å². The third-order valence-electron chi connectivity index (χ3n) is 2.93. The van der Waals surface area contributed by atoms with Gasteiger partial charge in [0.2, 0.25) is 0 Å². The molecule has 2 aromatic rings. The largest absolute Gasteiger partial charge is 0.370 e. The first-order valence-corrected chi connectivity index (χ1v) is 6.29. The van der Waals surface area contributed by atoms with Gasteiger partial charge in [0.05, 0.1) is 16.7 Å².